The van der Waals surface area contributed by atoms with E-state index in [1.165, 1.54) is 17.0 Å². The maximum absolute atomic E-state index is 13.5. The molecule has 6 nitrogen and oxygen atoms in total. The van der Waals surface area contributed by atoms with E-state index in [0.29, 0.717) is 22.9 Å². The van der Waals surface area contributed by atoms with E-state index in [4.69, 9.17) is 0 Å². The number of hydrogen-bond acceptors (Lipinski definition) is 4. The minimum absolute atomic E-state index is 0.262. The van der Waals surface area contributed by atoms with Crippen molar-refractivity contribution < 1.29 is 9.18 Å². The van der Waals surface area contributed by atoms with Crippen molar-refractivity contribution in [3.63, 3.8) is 0 Å². The van der Waals surface area contributed by atoms with Gasteiger partial charge in [0.25, 0.3) is 5.91 Å². The zero-order valence-electron chi connectivity index (χ0n) is 16.4. The van der Waals surface area contributed by atoms with Gasteiger partial charge in [-0.3, -0.25) is 9.20 Å². The Labute approximate surface area is 167 Å². The fourth-order valence-electron chi connectivity index (χ4n) is 3.17. The fraction of sp³-hybridized carbons (Fsp3) is 0.136. The van der Waals surface area contributed by atoms with E-state index in [1.54, 1.807) is 42.0 Å². The van der Waals surface area contributed by atoms with E-state index < -0.39 is 0 Å². The molecule has 7 heteroatoms. The quantitative estimate of drug-likeness (QED) is 0.532. The van der Waals surface area contributed by atoms with Gasteiger partial charge in [-0.2, -0.15) is 0 Å². The molecule has 0 saturated heterocycles. The first kappa shape index (κ1) is 18.6. The molecule has 0 spiro atoms. The molecule has 0 aliphatic heterocycles. The summed E-state index contributed by atoms with van der Waals surface area (Å²) in [6.07, 6.45) is 3.40. The maximum atomic E-state index is 13.5. The van der Waals surface area contributed by atoms with Crippen LogP contribution in [-0.2, 0) is 0 Å². The van der Waals surface area contributed by atoms with Crippen molar-refractivity contribution in [3.8, 4) is 11.3 Å². The van der Waals surface area contributed by atoms with E-state index in [0.717, 1.165) is 11.3 Å². The number of imidazole rings is 1. The lowest BCUT2D eigenvalue weighted by Gasteiger charge is -2.18. The Morgan fingerprint density at radius 3 is 2.48 bits per heavy atom. The van der Waals surface area contributed by atoms with Gasteiger partial charge in [0.15, 0.2) is 0 Å². The first-order valence-electron chi connectivity index (χ1n) is 9.10. The second-order valence-corrected chi connectivity index (χ2v) is 6.88. The van der Waals surface area contributed by atoms with Gasteiger partial charge in [-0.25, -0.2) is 14.4 Å². The minimum atomic E-state index is -0.352. The van der Waals surface area contributed by atoms with Gasteiger partial charge < -0.3 is 9.80 Å². The number of nitrogens with zero attached hydrogens (tertiary/aromatic N) is 5. The summed E-state index contributed by atoms with van der Waals surface area (Å²) < 4.78 is 15.0. The van der Waals surface area contributed by atoms with Crippen molar-refractivity contribution in [2.75, 3.05) is 30.9 Å². The molecule has 4 rings (SSSR count). The molecule has 0 N–H and O–H groups in total. The number of carbonyl (C=O) groups excluding carboxylic acids is 1. The summed E-state index contributed by atoms with van der Waals surface area (Å²) >= 11 is 0. The molecule has 4 aromatic rings. The third kappa shape index (κ3) is 3.42. The van der Waals surface area contributed by atoms with Crippen LogP contribution in [-0.4, -0.2) is 41.4 Å². The third-order valence-corrected chi connectivity index (χ3v) is 4.76. The predicted molar refractivity (Wildman–Crippen MR) is 112 cm³/mol. The Bertz CT molecular complexity index is 1180. The van der Waals surface area contributed by atoms with E-state index in [-0.39, 0.29) is 11.7 Å². The second-order valence-electron chi connectivity index (χ2n) is 6.88. The van der Waals surface area contributed by atoms with Crippen LogP contribution >= 0.6 is 0 Å². The molecule has 0 saturated carbocycles. The maximum Gasteiger partial charge on any atom is 0.277 e. The van der Waals surface area contributed by atoms with E-state index >= 15 is 0 Å². The Kier molecular flexibility index (Phi) is 4.72. The number of amides is 1. The molecule has 146 valence electrons. The van der Waals surface area contributed by atoms with Crippen LogP contribution in [0.1, 0.15) is 10.5 Å². The Balaban J connectivity index is 1.87. The number of rotatable bonds is 4. The molecule has 2 aromatic carbocycles. The summed E-state index contributed by atoms with van der Waals surface area (Å²) in [5, 5.41) is 0. The van der Waals surface area contributed by atoms with Crippen LogP contribution in [0, 0.1) is 5.82 Å². The van der Waals surface area contributed by atoms with Crippen LogP contribution in [0.15, 0.2) is 67.0 Å². The molecular formula is C22H20FN5O. The standard InChI is InChI=1S/C22H20FN5O/c1-26(2)18-7-4-6-15(14-18)19-20(28-13-5-12-24-22(28)25-19)21(29)27(3)17-10-8-16(23)9-11-17/h4-14H,1-3H3. The number of fused-ring (bicyclic) bond motifs is 1. The number of halogens is 1. The Morgan fingerprint density at radius 2 is 1.76 bits per heavy atom. The average molecular weight is 389 g/mol. The van der Waals surface area contributed by atoms with Crippen molar-refractivity contribution in [2.45, 2.75) is 0 Å². The Hall–Kier alpha value is -3.74. The molecule has 0 aliphatic rings. The van der Waals surface area contributed by atoms with Crippen LogP contribution in [0.3, 0.4) is 0 Å². The zero-order chi connectivity index (χ0) is 20.5. The summed E-state index contributed by atoms with van der Waals surface area (Å²) in [4.78, 5) is 25.8. The lowest BCUT2D eigenvalue weighted by atomic mass is 10.1. The molecule has 0 bridgehead atoms. The van der Waals surface area contributed by atoms with Crippen molar-refractivity contribution in [3.05, 3.63) is 78.5 Å². The minimum Gasteiger partial charge on any atom is -0.378 e. The summed E-state index contributed by atoms with van der Waals surface area (Å²) in [7, 11) is 5.57. The number of carbonyl (C=O) groups is 1. The molecule has 2 aromatic heterocycles. The van der Waals surface area contributed by atoms with Crippen LogP contribution in [0.25, 0.3) is 17.0 Å². The summed E-state index contributed by atoms with van der Waals surface area (Å²) in [5.74, 6) is -0.175. The molecular weight excluding hydrogens is 369 g/mol. The van der Waals surface area contributed by atoms with Crippen molar-refractivity contribution in [1.82, 2.24) is 14.4 Å². The van der Waals surface area contributed by atoms with Crippen LogP contribution in [0.5, 0.6) is 0 Å². The van der Waals surface area contributed by atoms with Gasteiger partial charge in [0.1, 0.15) is 17.2 Å². The molecule has 0 atom stereocenters. The Morgan fingerprint density at radius 1 is 1.00 bits per heavy atom. The predicted octanol–water partition coefficient (Wildman–Crippen LogP) is 3.88. The molecule has 0 unspecified atom stereocenters. The summed E-state index contributed by atoms with van der Waals surface area (Å²) in [6.45, 7) is 0. The normalized spacial score (nSPS) is 10.9. The molecule has 1 amide bonds. The highest BCUT2D eigenvalue weighted by molar-refractivity contribution is 6.09. The SMILES string of the molecule is CN(C)c1cccc(-c2nc3ncccn3c2C(=O)N(C)c2ccc(F)cc2)c1. The molecule has 0 aliphatic carbocycles. The van der Waals surface area contributed by atoms with Gasteiger partial charge >= 0.3 is 0 Å². The zero-order valence-corrected chi connectivity index (χ0v) is 16.4. The lowest BCUT2D eigenvalue weighted by Crippen LogP contribution is -2.28. The van der Waals surface area contributed by atoms with Gasteiger partial charge in [-0.15, -0.1) is 0 Å². The first-order valence-corrected chi connectivity index (χ1v) is 9.10. The van der Waals surface area contributed by atoms with Gasteiger partial charge in [0.2, 0.25) is 5.78 Å². The molecule has 0 fully saturated rings. The summed E-state index contributed by atoms with van der Waals surface area (Å²) in [6, 6.07) is 15.4. The number of anilines is 2. The number of aromatic nitrogens is 3. The van der Waals surface area contributed by atoms with Crippen molar-refractivity contribution in [2.24, 2.45) is 0 Å². The highest BCUT2D eigenvalue weighted by Gasteiger charge is 2.25. The first-order chi connectivity index (χ1) is 14.0. The average Bonchev–Trinajstić information content (AvgIpc) is 3.13. The second kappa shape index (κ2) is 7.35. The lowest BCUT2D eigenvalue weighted by molar-refractivity contribution is 0.0988. The van der Waals surface area contributed by atoms with E-state index in [2.05, 4.69) is 9.97 Å². The topological polar surface area (TPSA) is 53.7 Å². The fourth-order valence-corrected chi connectivity index (χ4v) is 3.17. The molecule has 2 heterocycles. The van der Waals surface area contributed by atoms with Crippen LogP contribution in [0.2, 0.25) is 0 Å². The van der Waals surface area contributed by atoms with Gasteiger partial charge in [-0.05, 0) is 42.5 Å². The third-order valence-electron chi connectivity index (χ3n) is 4.76. The van der Waals surface area contributed by atoms with Crippen LogP contribution in [0.4, 0.5) is 15.8 Å². The van der Waals surface area contributed by atoms with Crippen molar-refractivity contribution in [1.29, 1.82) is 0 Å². The number of hydrogen-bond donors (Lipinski definition) is 0. The monoisotopic (exact) mass is 389 g/mol. The van der Waals surface area contributed by atoms with Crippen molar-refractivity contribution >= 4 is 23.1 Å². The smallest absolute Gasteiger partial charge is 0.277 e. The summed E-state index contributed by atoms with van der Waals surface area (Å²) in [5.41, 5.74) is 3.35. The van der Waals surface area contributed by atoms with E-state index in [9.17, 15) is 9.18 Å². The molecule has 29 heavy (non-hydrogen) atoms. The van der Waals surface area contributed by atoms with Crippen LogP contribution < -0.4 is 9.80 Å². The van der Waals surface area contributed by atoms with Gasteiger partial charge in [-0.1, -0.05) is 12.1 Å². The highest BCUT2D eigenvalue weighted by Crippen LogP contribution is 2.29. The highest BCUT2D eigenvalue weighted by atomic mass is 19.1. The number of benzene rings is 2. The van der Waals surface area contributed by atoms with Gasteiger partial charge in [0, 0.05) is 50.5 Å². The molecule has 0 radical (unpaired) electrons. The largest absolute Gasteiger partial charge is 0.378 e. The van der Waals surface area contributed by atoms with E-state index in [1.807, 2.05) is 43.3 Å². The van der Waals surface area contributed by atoms with Gasteiger partial charge in [0.05, 0.1) is 0 Å².